The first-order valence-corrected chi connectivity index (χ1v) is 6.92. The third-order valence-corrected chi connectivity index (χ3v) is 3.38. The molecule has 0 saturated heterocycles. The molecule has 2 aromatic carbocycles. The van der Waals surface area contributed by atoms with Crippen molar-refractivity contribution in [1.29, 1.82) is 0 Å². The highest BCUT2D eigenvalue weighted by atomic mass is 19.1. The van der Waals surface area contributed by atoms with Gasteiger partial charge in [0.2, 0.25) is 0 Å². The van der Waals surface area contributed by atoms with Gasteiger partial charge in [-0.15, -0.1) is 0 Å². The van der Waals surface area contributed by atoms with Crippen molar-refractivity contribution in [2.24, 2.45) is 0 Å². The van der Waals surface area contributed by atoms with Crippen molar-refractivity contribution in [3.05, 3.63) is 47.8 Å². The van der Waals surface area contributed by atoms with Crippen LogP contribution >= 0.6 is 0 Å². The minimum absolute atomic E-state index is 0.0247. The fourth-order valence-electron chi connectivity index (χ4n) is 2.17. The van der Waals surface area contributed by atoms with E-state index >= 15 is 0 Å². The van der Waals surface area contributed by atoms with E-state index in [1.165, 1.54) is 31.2 Å². The van der Waals surface area contributed by atoms with Crippen molar-refractivity contribution in [1.82, 2.24) is 0 Å². The van der Waals surface area contributed by atoms with E-state index in [1.54, 1.807) is 12.1 Å². The van der Waals surface area contributed by atoms with Gasteiger partial charge in [0.15, 0.2) is 0 Å². The smallest absolute Gasteiger partial charge is 0.310 e. The standard InChI is InChI=1S/C17H17FO4/c1-3-22-14-7-12(6-13(19)9-14)15-5-4-11(8-16(15)18)10(2)17(20)21/h4-10,19H,3H2,1-2H3,(H,20,21). The first-order chi connectivity index (χ1) is 10.4. The quantitative estimate of drug-likeness (QED) is 0.882. The van der Waals surface area contributed by atoms with E-state index in [0.717, 1.165) is 0 Å². The monoisotopic (exact) mass is 304 g/mol. The van der Waals surface area contributed by atoms with E-state index in [4.69, 9.17) is 9.84 Å². The van der Waals surface area contributed by atoms with Gasteiger partial charge in [-0.25, -0.2) is 4.39 Å². The average molecular weight is 304 g/mol. The molecule has 0 aliphatic heterocycles. The van der Waals surface area contributed by atoms with E-state index in [-0.39, 0.29) is 11.3 Å². The lowest BCUT2D eigenvalue weighted by molar-refractivity contribution is -0.138. The summed E-state index contributed by atoms with van der Waals surface area (Å²) in [4.78, 5) is 11.0. The summed E-state index contributed by atoms with van der Waals surface area (Å²) in [5, 5.41) is 18.7. The molecule has 0 heterocycles. The summed E-state index contributed by atoms with van der Waals surface area (Å²) in [6, 6.07) is 8.80. The maximum atomic E-state index is 14.3. The van der Waals surface area contributed by atoms with Crippen LogP contribution in [0.5, 0.6) is 11.5 Å². The zero-order valence-corrected chi connectivity index (χ0v) is 12.3. The van der Waals surface area contributed by atoms with E-state index in [1.807, 2.05) is 6.92 Å². The Labute approximate surface area is 127 Å². The summed E-state index contributed by atoms with van der Waals surface area (Å²) in [5.74, 6) is -1.92. The van der Waals surface area contributed by atoms with Gasteiger partial charge >= 0.3 is 5.97 Å². The van der Waals surface area contributed by atoms with Crippen LogP contribution < -0.4 is 4.74 Å². The van der Waals surface area contributed by atoms with Crippen LogP contribution in [0.25, 0.3) is 11.1 Å². The summed E-state index contributed by atoms with van der Waals surface area (Å²) < 4.78 is 19.6. The molecule has 1 atom stereocenters. The Balaban J connectivity index is 2.43. The Bertz CT molecular complexity index is 697. The Morgan fingerprint density at radius 3 is 2.59 bits per heavy atom. The highest BCUT2D eigenvalue weighted by Gasteiger charge is 2.16. The lowest BCUT2D eigenvalue weighted by atomic mass is 9.97. The number of carboxylic acid groups (broad SMARTS) is 1. The number of aliphatic carboxylic acids is 1. The van der Waals surface area contributed by atoms with Gasteiger partial charge in [0.05, 0.1) is 12.5 Å². The maximum Gasteiger partial charge on any atom is 0.310 e. The number of hydrogen-bond donors (Lipinski definition) is 2. The zero-order chi connectivity index (χ0) is 16.3. The van der Waals surface area contributed by atoms with Crippen molar-refractivity contribution in [2.45, 2.75) is 19.8 Å². The Kier molecular flexibility index (Phi) is 4.65. The minimum Gasteiger partial charge on any atom is -0.508 e. The molecule has 2 rings (SSSR count). The molecule has 0 saturated carbocycles. The molecule has 0 aromatic heterocycles. The fraction of sp³-hybridized carbons (Fsp3) is 0.235. The van der Waals surface area contributed by atoms with Gasteiger partial charge in [-0.3, -0.25) is 4.79 Å². The number of phenols is 1. The molecule has 2 N–H and O–H groups in total. The van der Waals surface area contributed by atoms with Crippen LogP contribution in [0, 0.1) is 5.82 Å². The van der Waals surface area contributed by atoms with Gasteiger partial charge < -0.3 is 14.9 Å². The molecule has 116 valence electrons. The van der Waals surface area contributed by atoms with Gasteiger partial charge in [0.25, 0.3) is 0 Å². The van der Waals surface area contributed by atoms with Crippen LogP contribution in [-0.4, -0.2) is 22.8 Å². The van der Waals surface area contributed by atoms with Crippen molar-refractivity contribution in [3.8, 4) is 22.6 Å². The molecule has 0 spiro atoms. The molecule has 0 aliphatic rings. The van der Waals surface area contributed by atoms with Gasteiger partial charge in [-0.2, -0.15) is 0 Å². The number of rotatable bonds is 5. The molecule has 0 amide bonds. The normalized spacial score (nSPS) is 12.0. The number of benzene rings is 2. The van der Waals surface area contributed by atoms with Crippen LogP contribution in [0.3, 0.4) is 0 Å². The number of ether oxygens (including phenoxy) is 1. The lowest BCUT2D eigenvalue weighted by Crippen LogP contribution is -2.07. The second kappa shape index (κ2) is 6.47. The van der Waals surface area contributed by atoms with Crippen LogP contribution in [0.15, 0.2) is 36.4 Å². The molecular weight excluding hydrogens is 287 g/mol. The topological polar surface area (TPSA) is 66.8 Å². The number of carbonyl (C=O) groups is 1. The summed E-state index contributed by atoms with van der Waals surface area (Å²) in [7, 11) is 0. The molecule has 5 heteroatoms. The lowest BCUT2D eigenvalue weighted by Gasteiger charge is -2.11. The van der Waals surface area contributed by atoms with E-state index in [9.17, 15) is 14.3 Å². The zero-order valence-electron chi connectivity index (χ0n) is 12.3. The van der Waals surface area contributed by atoms with Crippen LogP contribution in [0.1, 0.15) is 25.3 Å². The van der Waals surface area contributed by atoms with Gasteiger partial charge in [0, 0.05) is 11.6 Å². The molecule has 0 bridgehead atoms. The summed E-state index contributed by atoms with van der Waals surface area (Å²) in [6.07, 6.45) is 0. The predicted molar refractivity (Wildman–Crippen MR) is 80.7 cm³/mol. The number of halogens is 1. The van der Waals surface area contributed by atoms with Crippen LogP contribution in [0.2, 0.25) is 0 Å². The molecule has 4 nitrogen and oxygen atoms in total. The number of hydrogen-bond acceptors (Lipinski definition) is 3. The number of aromatic hydroxyl groups is 1. The molecule has 2 aromatic rings. The third-order valence-electron chi connectivity index (χ3n) is 3.38. The maximum absolute atomic E-state index is 14.3. The molecule has 0 aliphatic carbocycles. The van der Waals surface area contributed by atoms with Gasteiger partial charge in [-0.05, 0) is 43.2 Å². The molecule has 0 radical (unpaired) electrons. The molecular formula is C17H17FO4. The second-order valence-corrected chi connectivity index (χ2v) is 4.95. The van der Waals surface area contributed by atoms with E-state index < -0.39 is 17.7 Å². The van der Waals surface area contributed by atoms with Crippen LogP contribution in [-0.2, 0) is 4.79 Å². The summed E-state index contributed by atoms with van der Waals surface area (Å²) in [5.41, 5.74) is 1.13. The molecule has 0 fully saturated rings. The van der Waals surface area contributed by atoms with Gasteiger partial charge in [0.1, 0.15) is 17.3 Å². The first-order valence-electron chi connectivity index (χ1n) is 6.92. The number of carboxylic acids is 1. The highest BCUT2D eigenvalue weighted by Crippen LogP contribution is 2.32. The fourth-order valence-corrected chi connectivity index (χ4v) is 2.17. The number of phenolic OH excluding ortho intramolecular Hbond substituents is 1. The van der Waals surface area contributed by atoms with Crippen molar-refractivity contribution in [3.63, 3.8) is 0 Å². The Morgan fingerprint density at radius 1 is 1.27 bits per heavy atom. The average Bonchev–Trinajstić information content (AvgIpc) is 2.45. The van der Waals surface area contributed by atoms with Crippen molar-refractivity contribution < 1.29 is 24.1 Å². The first kappa shape index (κ1) is 15.8. The van der Waals surface area contributed by atoms with Crippen molar-refractivity contribution >= 4 is 5.97 Å². The minimum atomic E-state index is -1.01. The largest absolute Gasteiger partial charge is 0.508 e. The second-order valence-electron chi connectivity index (χ2n) is 4.95. The van der Waals surface area contributed by atoms with E-state index in [0.29, 0.717) is 23.5 Å². The van der Waals surface area contributed by atoms with Gasteiger partial charge in [-0.1, -0.05) is 12.1 Å². The summed E-state index contributed by atoms with van der Waals surface area (Å²) >= 11 is 0. The Hall–Kier alpha value is -2.56. The van der Waals surface area contributed by atoms with Crippen LogP contribution in [0.4, 0.5) is 4.39 Å². The Morgan fingerprint density at radius 2 is 2.00 bits per heavy atom. The van der Waals surface area contributed by atoms with E-state index in [2.05, 4.69) is 0 Å². The third kappa shape index (κ3) is 3.36. The SMILES string of the molecule is CCOc1cc(O)cc(-c2ccc(C(C)C(=O)O)cc2F)c1. The summed E-state index contributed by atoms with van der Waals surface area (Å²) in [6.45, 7) is 3.74. The molecule has 22 heavy (non-hydrogen) atoms. The van der Waals surface area contributed by atoms with Crippen molar-refractivity contribution in [2.75, 3.05) is 6.61 Å². The predicted octanol–water partition coefficient (Wildman–Crippen LogP) is 3.79. The molecule has 1 unspecified atom stereocenters. The highest BCUT2D eigenvalue weighted by molar-refractivity contribution is 5.76.